The molecule has 0 atom stereocenters. The average Bonchev–Trinajstić information content (AvgIpc) is 2.42. The Morgan fingerprint density at radius 3 is 2.63 bits per heavy atom. The zero-order chi connectivity index (χ0) is 13.8. The van der Waals surface area contributed by atoms with E-state index < -0.39 is 0 Å². The fraction of sp³-hybridized carbons (Fsp3) is 0.167. The average molecular weight is 263 g/mol. The minimum absolute atomic E-state index is 0.296. The number of aryl methyl sites for hydroxylation is 1. The number of anilines is 3. The van der Waals surface area contributed by atoms with E-state index >= 15 is 0 Å². The molecule has 0 amide bonds. The Labute approximate surface area is 109 Å². The van der Waals surface area contributed by atoms with Crippen molar-refractivity contribution in [2.75, 3.05) is 17.9 Å². The van der Waals surface area contributed by atoms with Gasteiger partial charge in [0, 0.05) is 5.69 Å². The quantitative estimate of drug-likeness (QED) is 0.577. The summed E-state index contributed by atoms with van der Waals surface area (Å²) in [5.74, 6) is 6.12. The summed E-state index contributed by atoms with van der Waals surface area (Å²) in [6.45, 7) is 1.70. The van der Waals surface area contributed by atoms with Crippen molar-refractivity contribution in [3.05, 3.63) is 35.9 Å². The van der Waals surface area contributed by atoms with E-state index in [1.165, 1.54) is 19.5 Å². The number of hydrogen-bond donors (Lipinski definition) is 3. The Hall–Kier alpha value is -2.41. The van der Waals surface area contributed by atoms with Crippen LogP contribution < -0.4 is 21.3 Å². The van der Waals surface area contributed by atoms with E-state index in [0.29, 0.717) is 28.6 Å². The number of nitrogens with zero attached hydrogens (tertiary/aromatic N) is 2. The minimum Gasteiger partial charge on any atom is -0.490 e. The van der Waals surface area contributed by atoms with Crippen molar-refractivity contribution in [1.82, 2.24) is 9.97 Å². The van der Waals surface area contributed by atoms with Gasteiger partial charge in [-0.05, 0) is 24.6 Å². The topological polar surface area (TPSA) is 85.1 Å². The number of halogens is 1. The number of benzene rings is 1. The molecule has 0 bridgehead atoms. The van der Waals surface area contributed by atoms with Gasteiger partial charge in [0.2, 0.25) is 5.75 Å². The normalized spacial score (nSPS) is 10.1. The van der Waals surface area contributed by atoms with Crippen molar-refractivity contribution < 1.29 is 9.13 Å². The number of nitrogens with one attached hydrogen (secondary N) is 2. The molecule has 100 valence electrons. The largest absolute Gasteiger partial charge is 0.490 e. The van der Waals surface area contributed by atoms with E-state index in [1.807, 2.05) is 0 Å². The van der Waals surface area contributed by atoms with Crippen LogP contribution in [0.15, 0.2) is 24.5 Å². The highest BCUT2D eigenvalue weighted by molar-refractivity contribution is 5.69. The molecule has 1 aromatic carbocycles. The van der Waals surface area contributed by atoms with Gasteiger partial charge < -0.3 is 15.5 Å². The van der Waals surface area contributed by atoms with Gasteiger partial charge in [0.1, 0.15) is 12.1 Å². The van der Waals surface area contributed by atoms with Crippen LogP contribution in [0.4, 0.5) is 21.7 Å². The Morgan fingerprint density at radius 2 is 2.00 bits per heavy atom. The molecule has 0 radical (unpaired) electrons. The van der Waals surface area contributed by atoms with Crippen molar-refractivity contribution in [1.29, 1.82) is 0 Å². The zero-order valence-corrected chi connectivity index (χ0v) is 10.6. The first kappa shape index (κ1) is 13.0. The molecule has 0 spiro atoms. The van der Waals surface area contributed by atoms with Gasteiger partial charge in [-0.1, -0.05) is 6.07 Å². The van der Waals surface area contributed by atoms with E-state index in [4.69, 9.17) is 10.6 Å². The number of rotatable bonds is 4. The Morgan fingerprint density at radius 1 is 1.26 bits per heavy atom. The third kappa shape index (κ3) is 2.71. The van der Waals surface area contributed by atoms with Crippen LogP contribution >= 0.6 is 0 Å². The summed E-state index contributed by atoms with van der Waals surface area (Å²) in [6, 6.07) is 4.80. The van der Waals surface area contributed by atoms with Gasteiger partial charge in [-0.25, -0.2) is 20.2 Å². The van der Waals surface area contributed by atoms with Crippen molar-refractivity contribution in [3.63, 3.8) is 0 Å². The standard InChI is InChI=1S/C12H14FN5O/c1-7-3-4-8(5-9(7)13)17-11-10(19-2)12(18-14)16-6-15-11/h3-6H,14H2,1-2H3,(H2,15,16,17,18). The predicted octanol–water partition coefficient (Wildman–Crippen LogP) is 1.96. The lowest BCUT2D eigenvalue weighted by atomic mass is 10.2. The summed E-state index contributed by atoms with van der Waals surface area (Å²) in [5, 5.41) is 2.95. The summed E-state index contributed by atoms with van der Waals surface area (Å²) >= 11 is 0. The summed E-state index contributed by atoms with van der Waals surface area (Å²) in [6.07, 6.45) is 1.32. The van der Waals surface area contributed by atoms with Gasteiger partial charge in [0.25, 0.3) is 0 Å². The first-order valence-corrected chi connectivity index (χ1v) is 5.54. The molecule has 2 rings (SSSR count). The van der Waals surface area contributed by atoms with Gasteiger partial charge in [-0.3, -0.25) is 0 Å². The lowest BCUT2D eigenvalue weighted by molar-refractivity contribution is 0.415. The fourth-order valence-corrected chi connectivity index (χ4v) is 1.57. The van der Waals surface area contributed by atoms with Crippen LogP contribution in [-0.4, -0.2) is 17.1 Å². The summed E-state index contributed by atoms with van der Waals surface area (Å²) < 4.78 is 18.6. The van der Waals surface area contributed by atoms with Gasteiger partial charge in [0.15, 0.2) is 11.6 Å². The lowest BCUT2D eigenvalue weighted by Crippen LogP contribution is -2.11. The second-order valence-corrected chi connectivity index (χ2v) is 3.84. The van der Waals surface area contributed by atoms with Crippen LogP contribution in [0.25, 0.3) is 0 Å². The molecule has 6 nitrogen and oxygen atoms in total. The van der Waals surface area contributed by atoms with Crippen LogP contribution in [0, 0.1) is 12.7 Å². The highest BCUT2D eigenvalue weighted by Gasteiger charge is 2.11. The molecular formula is C12H14FN5O. The number of hydrazine groups is 1. The fourth-order valence-electron chi connectivity index (χ4n) is 1.57. The first-order chi connectivity index (χ1) is 9.15. The van der Waals surface area contributed by atoms with Crippen molar-refractivity contribution in [3.8, 4) is 5.75 Å². The van der Waals surface area contributed by atoms with E-state index in [9.17, 15) is 4.39 Å². The van der Waals surface area contributed by atoms with E-state index in [-0.39, 0.29) is 5.82 Å². The third-order valence-electron chi connectivity index (χ3n) is 2.58. The second kappa shape index (κ2) is 5.49. The zero-order valence-electron chi connectivity index (χ0n) is 10.6. The monoisotopic (exact) mass is 263 g/mol. The van der Waals surface area contributed by atoms with E-state index in [2.05, 4.69) is 20.7 Å². The van der Waals surface area contributed by atoms with Crippen LogP contribution in [-0.2, 0) is 0 Å². The minimum atomic E-state index is -0.296. The molecule has 1 heterocycles. The summed E-state index contributed by atoms with van der Waals surface area (Å²) in [7, 11) is 1.47. The van der Waals surface area contributed by atoms with Crippen LogP contribution in [0.2, 0.25) is 0 Å². The van der Waals surface area contributed by atoms with Gasteiger partial charge >= 0.3 is 0 Å². The maximum atomic E-state index is 13.5. The third-order valence-corrected chi connectivity index (χ3v) is 2.58. The molecule has 0 saturated heterocycles. The molecule has 4 N–H and O–H groups in total. The molecule has 19 heavy (non-hydrogen) atoms. The molecule has 0 unspecified atom stereocenters. The van der Waals surface area contributed by atoms with Gasteiger partial charge in [0.05, 0.1) is 7.11 Å². The smallest absolute Gasteiger partial charge is 0.205 e. The highest BCUT2D eigenvalue weighted by Crippen LogP contribution is 2.30. The molecule has 0 aliphatic heterocycles. The van der Waals surface area contributed by atoms with Crippen molar-refractivity contribution >= 4 is 17.3 Å². The molecular weight excluding hydrogens is 249 g/mol. The van der Waals surface area contributed by atoms with E-state index in [1.54, 1.807) is 19.1 Å². The van der Waals surface area contributed by atoms with Crippen molar-refractivity contribution in [2.24, 2.45) is 5.84 Å². The Kier molecular flexibility index (Phi) is 3.76. The molecule has 1 aromatic heterocycles. The number of nitrogens with two attached hydrogens (primary N) is 1. The molecule has 7 heteroatoms. The van der Waals surface area contributed by atoms with Crippen molar-refractivity contribution in [2.45, 2.75) is 6.92 Å². The van der Waals surface area contributed by atoms with Crippen LogP contribution in [0.3, 0.4) is 0 Å². The molecule has 0 saturated carbocycles. The van der Waals surface area contributed by atoms with Gasteiger partial charge in [-0.2, -0.15) is 0 Å². The van der Waals surface area contributed by atoms with Crippen LogP contribution in [0.5, 0.6) is 5.75 Å². The molecule has 2 aromatic rings. The number of hydrogen-bond acceptors (Lipinski definition) is 6. The SMILES string of the molecule is COc1c(NN)ncnc1Nc1ccc(C)c(F)c1. The second-order valence-electron chi connectivity index (χ2n) is 3.84. The van der Waals surface area contributed by atoms with Gasteiger partial charge in [-0.15, -0.1) is 0 Å². The molecule has 0 aliphatic carbocycles. The first-order valence-electron chi connectivity index (χ1n) is 5.54. The van der Waals surface area contributed by atoms with E-state index in [0.717, 1.165) is 0 Å². The Bertz CT molecular complexity index is 590. The number of nitrogen functional groups attached to an aromatic ring is 1. The highest BCUT2D eigenvalue weighted by atomic mass is 19.1. The number of methoxy groups -OCH3 is 1. The summed E-state index contributed by atoms with van der Waals surface area (Å²) in [5.41, 5.74) is 3.54. The summed E-state index contributed by atoms with van der Waals surface area (Å²) in [4.78, 5) is 7.96. The number of ether oxygens (including phenoxy) is 1. The van der Waals surface area contributed by atoms with Crippen LogP contribution in [0.1, 0.15) is 5.56 Å². The molecule has 0 aliphatic rings. The number of aromatic nitrogens is 2. The lowest BCUT2D eigenvalue weighted by Gasteiger charge is -2.12. The molecule has 0 fully saturated rings. The maximum absolute atomic E-state index is 13.5. The predicted molar refractivity (Wildman–Crippen MR) is 70.8 cm³/mol. The Balaban J connectivity index is 2.35. The maximum Gasteiger partial charge on any atom is 0.205 e.